The summed E-state index contributed by atoms with van der Waals surface area (Å²) in [5.41, 5.74) is 8.71. The highest BCUT2D eigenvalue weighted by Crippen LogP contribution is 2.61. The van der Waals surface area contributed by atoms with Gasteiger partial charge in [-0.25, -0.2) is 0 Å². The van der Waals surface area contributed by atoms with Crippen molar-refractivity contribution in [3.8, 4) is 0 Å². The average molecular weight is 286 g/mol. The second kappa shape index (κ2) is 3.84. The van der Waals surface area contributed by atoms with Crippen LogP contribution in [0.25, 0.3) is 0 Å². The Morgan fingerprint density at radius 2 is 0.905 bits per heavy atom. The van der Waals surface area contributed by atoms with Crippen LogP contribution < -0.4 is 0 Å². The second-order valence-corrected chi connectivity index (χ2v) is 6.87. The maximum atomic E-state index is 3.16. The van der Waals surface area contributed by atoms with E-state index in [1.165, 1.54) is 33.4 Å². The monoisotopic (exact) mass is 286 g/mol. The zero-order valence-corrected chi connectivity index (χ0v) is 12.7. The van der Waals surface area contributed by atoms with Crippen molar-refractivity contribution >= 4 is 9.24 Å². The van der Waals surface area contributed by atoms with Gasteiger partial charge < -0.3 is 0 Å². The van der Waals surface area contributed by atoms with Crippen molar-refractivity contribution in [3.63, 3.8) is 0 Å². The van der Waals surface area contributed by atoms with Gasteiger partial charge in [-0.3, -0.25) is 0 Å². The molecule has 0 radical (unpaired) electrons. The van der Waals surface area contributed by atoms with E-state index in [9.17, 15) is 0 Å². The third-order valence-corrected chi connectivity index (χ3v) is 6.02. The summed E-state index contributed by atoms with van der Waals surface area (Å²) < 4.78 is 0. The molecule has 0 saturated carbocycles. The molecule has 0 spiro atoms. The Labute approximate surface area is 127 Å². The van der Waals surface area contributed by atoms with E-state index in [1.54, 1.807) is 0 Å². The van der Waals surface area contributed by atoms with Crippen LogP contribution in [0.15, 0.2) is 72.8 Å². The van der Waals surface area contributed by atoms with Gasteiger partial charge in [-0.1, -0.05) is 72.8 Å². The highest BCUT2D eigenvalue weighted by molar-refractivity contribution is 7.19. The van der Waals surface area contributed by atoms with Crippen LogP contribution in [-0.2, 0) is 5.16 Å². The average Bonchev–Trinajstić information content (AvgIpc) is 2.56. The lowest BCUT2D eigenvalue weighted by Crippen LogP contribution is -2.37. The predicted octanol–water partition coefficient (Wildman–Crippen LogP) is 4.66. The van der Waals surface area contributed by atoms with Crippen LogP contribution in [0.1, 0.15) is 39.3 Å². The van der Waals surface area contributed by atoms with Crippen molar-refractivity contribution in [1.29, 1.82) is 0 Å². The van der Waals surface area contributed by atoms with E-state index < -0.39 is 0 Å². The van der Waals surface area contributed by atoms with Gasteiger partial charge in [0.2, 0.25) is 0 Å². The molecule has 0 N–H and O–H groups in total. The molecule has 0 nitrogen and oxygen atoms in total. The minimum atomic E-state index is -0.0987. The Hall–Kier alpha value is -1.91. The van der Waals surface area contributed by atoms with Gasteiger partial charge in [0.25, 0.3) is 0 Å². The lowest BCUT2D eigenvalue weighted by atomic mass is 9.60. The quantitative estimate of drug-likeness (QED) is 0.527. The molecule has 1 atom stereocenters. The first-order chi connectivity index (χ1) is 10.3. The summed E-state index contributed by atoms with van der Waals surface area (Å²) >= 11 is 0. The Morgan fingerprint density at radius 3 is 1.29 bits per heavy atom. The zero-order valence-electron chi connectivity index (χ0n) is 11.6. The summed E-state index contributed by atoms with van der Waals surface area (Å²) in [6.45, 7) is 0. The third-order valence-electron chi connectivity index (χ3n) is 5.09. The molecule has 1 unspecified atom stereocenters. The molecule has 3 aliphatic rings. The normalized spacial score (nSPS) is 24.1. The van der Waals surface area contributed by atoms with E-state index in [1.807, 2.05) is 0 Å². The van der Waals surface area contributed by atoms with Crippen LogP contribution in [0.3, 0.4) is 0 Å². The van der Waals surface area contributed by atoms with Gasteiger partial charge in [-0.15, -0.1) is 9.24 Å². The van der Waals surface area contributed by atoms with E-state index in [0.29, 0.717) is 5.92 Å². The first kappa shape index (κ1) is 11.7. The molecule has 2 bridgehead atoms. The molecular weight excluding hydrogens is 271 g/mol. The van der Waals surface area contributed by atoms with E-state index in [-0.39, 0.29) is 5.16 Å². The first-order valence-corrected chi connectivity index (χ1v) is 7.96. The predicted molar refractivity (Wildman–Crippen MR) is 89.9 cm³/mol. The van der Waals surface area contributed by atoms with Crippen molar-refractivity contribution in [2.24, 2.45) is 0 Å². The summed E-state index contributed by atoms with van der Waals surface area (Å²) in [5.74, 6) is 0.385. The summed E-state index contributed by atoms with van der Waals surface area (Å²) in [6.07, 6.45) is 0. The fourth-order valence-corrected chi connectivity index (χ4v) is 5.05. The Kier molecular flexibility index (Phi) is 2.14. The van der Waals surface area contributed by atoms with Crippen LogP contribution in [-0.4, -0.2) is 0 Å². The van der Waals surface area contributed by atoms with Crippen LogP contribution >= 0.6 is 9.24 Å². The smallest absolute Gasteiger partial charge is 0.0600 e. The molecule has 3 aromatic carbocycles. The van der Waals surface area contributed by atoms with E-state index in [0.717, 1.165) is 0 Å². The molecule has 0 aromatic heterocycles. The summed E-state index contributed by atoms with van der Waals surface area (Å²) in [6, 6.07) is 26.8. The highest BCUT2D eigenvalue weighted by atomic mass is 31.0. The topological polar surface area (TPSA) is 0 Å². The molecule has 3 aromatic rings. The first-order valence-electron chi connectivity index (χ1n) is 7.39. The van der Waals surface area contributed by atoms with E-state index >= 15 is 0 Å². The van der Waals surface area contributed by atoms with Gasteiger partial charge in [0.1, 0.15) is 0 Å². The molecule has 0 saturated heterocycles. The fraction of sp³-hybridized carbons (Fsp3) is 0.100. The molecule has 0 fully saturated rings. The lowest BCUT2D eigenvalue weighted by molar-refractivity contribution is 0.714. The Balaban J connectivity index is 2.00. The molecule has 0 aliphatic heterocycles. The number of hydrogen-bond acceptors (Lipinski definition) is 0. The summed E-state index contributed by atoms with van der Waals surface area (Å²) in [4.78, 5) is 0. The molecule has 3 aliphatic carbocycles. The molecule has 0 amide bonds. The molecule has 1 heteroatoms. The molecule has 0 heterocycles. The van der Waals surface area contributed by atoms with Crippen LogP contribution in [0.5, 0.6) is 0 Å². The SMILES string of the molecule is PC12c3ccccc3C(c3ccccc31)c1ccccc12. The third kappa shape index (κ3) is 1.25. The summed E-state index contributed by atoms with van der Waals surface area (Å²) in [7, 11) is 3.16. The number of hydrogen-bond donors (Lipinski definition) is 0. The maximum absolute atomic E-state index is 3.16. The van der Waals surface area contributed by atoms with Gasteiger partial charge in [-0.05, 0) is 33.4 Å². The molecular formula is C20H15P. The molecule has 21 heavy (non-hydrogen) atoms. The minimum Gasteiger partial charge on any atom is -0.117 e. The van der Waals surface area contributed by atoms with Crippen molar-refractivity contribution < 1.29 is 0 Å². The largest absolute Gasteiger partial charge is 0.117 e. The number of benzene rings is 3. The van der Waals surface area contributed by atoms with Crippen LogP contribution in [0.4, 0.5) is 0 Å². The van der Waals surface area contributed by atoms with Gasteiger partial charge in [-0.2, -0.15) is 0 Å². The molecule has 100 valence electrons. The van der Waals surface area contributed by atoms with Gasteiger partial charge in [0, 0.05) is 5.92 Å². The Bertz CT molecular complexity index is 763. The van der Waals surface area contributed by atoms with Crippen molar-refractivity contribution in [1.82, 2.24) is 0 Å². The van der Waals surface area contributed by atoms with E-state index in [2.05, 4.69) is 82.0 Å². The van der Waals surface area contributed by atoms with Gasteiger partial charge >= 0.3 is 0 Å². The fourth-order valence-electron chi connectivity index (χ4n) is 4.26. The van der Waals surface area contributed by atoms with Crippen molar-refractivity contribution in [3.05, 3.63) is 106 Å². The van der Waals surface area contributed by atoms with Crippen LogP contribution in [0, 0.1) is 0 Å². The minimum absolute atomic E-state index is 0.0987. The Morgan fingerprint density at radius 1 is 0.571 bits per heavy atom. The van der Waals surface area contributed by atoms with E-state index in [4.69, 9.17) is 0 Å². The number of rotatable bonds is 0. The highest BCUT2D eigenvalue weighted by Gasteiger charge is 2.48. The van der Waals surface area contributed by atoms with Gasteiger partial charge in [0.15, 0.2) is 0 Å². The second-order valence-electron chi connectivity index (χ2n) is 6.00. The van der Waals surface area contributed by atoms with Crippen LogP contribution in [0.2, 0.25) is 0 Å². The van der Waals surface area contributed by atoms with Gasteiger partial charge in [0.05, 0.1) is 5.16 Å². The lowest BCUT2D eigenvalue weighted by Gasteiger charge is -2.48. The van der Waals surface area contributed by atoms with Crippen molar-refractivity contribution in [2.45, 2.75) is 11.1 Å². The molecule has 6 rings (SSSR count). The standard InChI is InChI=1S/C20H15P/c21-20-16-10-4-1-7-13(16)19(14-8-2-5-11-17(14)20)15-9-3-6-12-18(15)20/h1-12,19H,21H2. The zero-order chi connectivity index (χ0) is 14.0. The summed E-state index contributed by atoms with van der Waals surface area (Å²) in [5, 5.41) is -0.0987. The maximum Gasteiger partial charge on any atom is 0.0600 e. The van der Waals surface area contributed by atoms with Crippen molar-refractivity contribution in [2.75, 3.05) is 0 Å².